The molecule has 2 nitrogen and oxygen atoms in total. The summed E-state index contributed by atoms with van der Waals surface area (Å²) < 4.78 is 0. The molecule has 0 aliphatic carbocycles. The highest BCUT2D eigenvalue weighted by atomic mass is 17.3. The molecule has 0 amide bonds. The lowest BCUT2D eigenvalue weighted by atomic mass is 9.90. The van der Waals surface area contributed by atoms with Crippen molar-refractivity contribution in [2.45, 2.75) is 6.32 Å². The molecule has 0 aromatic carbocycles. The Labute approximate surface area is 36.8 Å². The Morgan fingerprint density at radius 1 is 1.67 bits per heavy atom. The smallest absolute Gasteiger partial charge is 0.273 e. The molecule has 6 heavy (non-hydrogen) atoms. The summed E-state index contributed by atoms with van der Waals surface area (Å²) in [6.07, 6.45) is 2.57. The van der Waals surface area contributed by atoms with Crippen LogP contribution in [0.4, 0.5) is 0 Å². The van der Waals surface area contributed by atoms with Gasteiger partial charge in [0.25, 0.3) is 0 Å². The van der Waals surface area contributed by atoms with Crippen molar-refractivity contribution in [1.29, 1.82) is 0 Å². The van der Waals surface area contributed by atoms with E-state index < -0.39 is 0 Å². The SMILES string of the molecule is C=CCB1OO1. The molecule has 0 atom stereocenters. The van der Waals surface area contributed by atoms with E-state index in [1.54, 1.807) is 6.08 Å². The summed E-state index contributed by atoms with van der Waals surface area (Å²) in [6, 6.07) is 0. The molecule has 1 rings (SSSR count). The maximum atomic E-state index is 4.38. The minimum atomic E-state index is 0.0301. The standard InChI is InChI=1S/C3H5BO2/c1-2-3-4-5-6-4/h2H,1,3H2. The first-order chi connectivity index (χ1) is 2.93. The fourth-order valence-corrected chi connectivity index (χ4v) is 0.254. The van der Waals surface area contributed by atoms with Crippen molar-refractivity contribution in [3.05, 3.63) is 12.7 Å². The molecular formula is C3H5BO2. The number of hydrogen-bond donors (Lipinski definition) is 0. The van der Waals surface area contributed by atoms with Crippen LogP contribution in [0.15, 0.2) is 12.7 Å². The summed E-state index contributed by atoms with van der Waals surface area (Å²) in [4.78, 5) is 8.76. The maximum Gasteiger partial charge on any atom is 0.520 e. The Morgan fingerprint density at radius 2 is 2.33 bits per heavy atom. The van der Waals surface area contributed by atoms with Crippen LogP contribution in [0.25, 0.3) is 0 Å². The monoisotopic (exact) mass is 84.0 g/mol. The summed E-state index contributed by atoms with van der Waals surface area (Å²) in [5, 5.41) is 0. The van der Waals surface area contributed by atoms with Crippen LogP contribution in [0.5, 0.6) is 0 Å². The van der Waals surface area contributed by atoms with Gasteiger partial charge < -0.3 is 0 Å². The lowest BCUT2D eigenvalue weighted by Gasteiger charge is -1.61. The largest absolute Gasteiger partial charge is 0.520 e. The molecule has 1 fully saturated rings. The van der Waals surface area contributed by atoms with Crippen LogP contribution in [0, 0.1) is 0 Å². The van der Waals surface area contributed by atoms with E-state index in [9.17, 15) is 0 Å². The van der Waals surface area contributed by atoms with Gasteiger partial charge in [0.15, 0.2) is 0 Å². The van der Waals surface area contributed by atoms with Crippen LogP contribution in [0.2, 0.25) is 6.32 Å². The minimum Gasteiger partial charge on any atom is -0.273 e. The highest BCUT2D eigenvalue weighted by Crippen LogP contribution is 2.10. The van der Waals surface area contributed by atoms with E-state index in [0.717, 1.165) is 6.32 Å². The van der Waals surface area contributed by atoms with E-state index in [-0.39, 0.29) is 7.12 Å². The van der Waals surface area contributed by atoms with Crippen LogP contribution < -0.4 is 0 Å². The molecule has 1 saturated heterocycles. The first-order valence-electron chi connectivity index (χ1n) is 1.86. The first-order valence-corrected chi connectivity index (χ1v) is 1.86. The summed E-state index contributed by atoms with van der Waals surface area (Å²) in [6.45, 7) is 3.48. The quantitative estimate of drug-likeness (QED) is 0.212. The van der Waals surface area contributed by atoms with Gasteiger partial charge >= 0.3 is 7.12 Å². The Balaban J connectivity index is 2.00. The summed E-state index contributed by atoms with van der Waals surface area (Å²) in [5.41, 5.74) is 0. The summed E-state index contributed by atoms with van der Waals surface area (Å²) >= 11 is 0. The van der Waals surface area contributed by atoms with Crippen LogP contribution in [-0.2, 0) is 9.61 Å². The highest BCUT2D eigenvalue weighted by molar-refractivity contribution is 6.50. The Hall–Kier alpha value is -0.275. The molecule has 0 saturated carbocycles. The number of rotatable bonds is 2. The molecule has 0 radical (unpaired) electrons. The van der Waals surface area contributed by atoms with E-state index in [0.29, 0.717) is 0 Å². The van der Waals surface area contributed by atoms with E-state index >= 15 is 0 Å². The van der Waals surface area contributed by atoms with E-state index in [4.69, 9.17) is 0 Å². The molecule has 3 heteroatoms. The van der Waals surface area contributed by atoms with Gasteiger partial charge in [-0.1, -0.05) is 6.08 Å². The van der Waals surface area contributed by atoms with Crippen LogP contribution in [-0.4, -0.2) is 7.12 Å². The van der Waals surface area contributed by atoms with Gasteiger partial charge in [0.2, 0.25) is 0 Å². The fraction of sp³-hybridized carbons (Fsp3) is 0.333. The third kappa shape index (κ3) is 0.844. The first kappa shape index (κ1) is 3.90. The van der Waals surface area contributed by atoms with Crippen molar-refractivity contribution in [3.63, 3.8) is 0 Å². The van der Waals surface area contributed by atoms with E-state index in [2.05, 4.69) is 16.2 Å². The molecule has 0 spiro atoms. The van der Waals surface area contributed by atoms with Gasteiger partial charge in [-0.3, -0.25) is 9.61 Å². The van der Waals surface area contributed by atoms with Crippen molar-refractivity contribution in [1.82, 2.24) is 0 Å². The highest BCUT2D eigenvalue weighted by Gasteiger charge is 2.32. The third-order valence-electron chi connectivity index (χ3n) is 0.591. The van der Waals surface area contributed by atoms with Crippen molar-refractivity contribution < 1.29 is 9.61 Å². The molecule has 0 bridgehead atoms. The van der Waals surface area contributed by atoms with E-state index in [1.807, 2.05) is 0 Å². The second-order valence-corrected chi connectivity index (χ2v) is 1.15. The molecule has 32 valence electrons. The maximum absolute atomic E-state index is 4.38. The molecule has 0 aromatic rings. The predicted molar refractivity (Wildman–Crippen MR) is 22.9 cm³/mol. The predicted octanol–water partition coefficient (Wildman–Crippen LogP) is 0.622. The lowest BCUT2D eigenvalue weighted by molar-refractivity contribution is 0.0850. The zero-order chi connectivity index (χ0) is 4.41. The van der Waals surface area contributed by atoms with Crippen molar-refractivity contribution >= 4 is 7.12 Å². The minimum absolute atomic E-state index is 0.0301. The second kappa shape index (κ2) is 1.45. The van der Waals surface area contributed by atoms with Crippen molar-refractivity contribution in [2.75, 3.05) is 0 Å². The third-order valence-corrected chi connectivity index (χ3v) is 0.591. The van der Waals surface area contributed by atoms with Gasteiger partial charge in [0.1, 0.15) is 0 Å². The van der Waals surface area contributed by atoms with Gasteiger partial charge in [-0.25, -0.2) is 0 Å². The molecule has 1 heterocycles. The molecule has 0 unspecified atom stereocenters. The second-order valence-electron chi connectivity index (χ2n) is 1.15. The average Bonchev–Trinajstić information content (AvgIpc) is 2.21. The van der Waals surface area contributed by atoms with Crippen LogP contribution in [0.3, 0.4) is 0 Å². The summed E-state index contributed by atoms with van der Waals surface area (Å²) in [7, 11) is 0.0301. The lowest BCUT2D eigenvalue weighted by Crippen LogP contribution is -1.81. The fourth-order valence-electron chi connectivity index (χ4n) is 0.254. The topological polar surface area (TPSA) is 25.1 Å². The van der Waals surface area contributed by atoms with Gasteiger partial charge in [0.05, 0.1) is 0 Å². The molecule has 0 N–H and O–H groups in total. The normalized spacial score (nSPS) is 17.7. The molecule has 1 aliphatic rings. The van der Waals surface area contributed by atoms with Gasteiger partial charge in [-0.05, 0) is 0 Å². The zero-order valence-corrected chi connectivity index (χ0v) is 3.39. The Kier molecular flexibility index (Phi) is 0.942. The Bertz CT molecular complexity index is 59.8. The van der Waals surface area contributed by atoms with Crippen LogP contribution >= 0.6 is 0 Å². The van der Waals surface area contributed by atoms with Gasteiger partial charge in [-0.2, -0.15) is 0 Å². The Morgan fingerprint density at radius 3 is 2.50 bits per heavy atom. The molecule has 0 aromatic heterocycles. The number of allylic oxidation sites excluding steroid dienone is 1. The summed E-state index contributed by atoms with van der Waals surface area (Å²) in [5.74, 6) is 0. The van der Waals surface area contributed by atoms with Gasteiger partial charge in [0, 0.05) is 6.32 Å². The van der Waals surface area contributed by atoms with Crippen molar-refractivity contribution in [2.24, 2.45) is 0 Å². The zero-order valence-electron chi connectivity index (χ0n) is 3.39. The van der Waals surface area contributed by atoms with Crippen LogP contribution in [0.1, 0.15) is 0 Å². The number of hydrogen-bond acceptors (Lipinski definition) is 2. The molecular weight excluding hydrogens is 78.8 g/mol. The van der Waals surface area contributed by atoms with E-state index in [1.165, 1.54) is 0 Å². The molecule has 1 aliphatic heterocycles. The van der Waals surface area contributed by atoms with Crippen molar-refractivity contribution in [3.8, 4) is 0 Å². The average molecular weight is 83.9 g/mol. The van der Waals surface area contributed by atoms with Gasteiger partial charge in [-0.15, -0.1) is 6.58 Å².